The molecule has 0 aliphatic carbocycles. The van der Waals surface area contributed by atoms with Gasteiger partial charge in [-0.2, -0.15) is 0 Å². The Labute approximate surface area is 340 Å². The Kier molecular flexibility index (Phi) is 11.0. The topological polar surface area (TPSA) is 35.2 Å². The molecular weight excluding hydrogens is 713 g/mol. The van der Waals surface area contributed by atoms with Crippen LogP contribution in [0.5, 0.6) is 0 Å². The van der Waals surface area contributed by atoms with Gasteiger partial charge >= 0.3 is 0 Å². The average molecular weight is 763 g/mol. The van der Waals surface area contributed by atoms with E-state index in [1.54, 1.807) is 0 Å². The van der Waals surface area contributed by atoms with Crippen molar-refractivity contribution in [2.75, 3.05) is 0 Å². The molecule has 0 spiro atoms. The van der Waals surface area contributed by atoms with E-state index in [4.69, 9.17) is 0 Å². The number of aromatic nitrogens is 8. The summed E-state index contributed by atoms with van der Waals surface area (Å²) < 4.78 is 18.3. The molecule has 0 N–H and O–H groups in total. The van der Waals surface area contributed by atoms with Crippen LogP contribution in [-0.2, 0) is 52.4 Å². The minimum Gasteiger partial charge on any atom is -0.233 e. The molecule has 0 aliphatic rings. The van der Waals surface area contributed by atoms with E-state index in [2.05, 4.69) is 245 Å². The van der Waals surface area contributed by atoms with Gasteiger partial charge in [-0.25, -0.2) is 36.5 Å². The molecule has 0 saturated heterocycles. The zero-order chi connectivity index (χ0) is 38.9. The Morgan fingerprint density at radius 3 is 0.741 bits per heavy atom. The molecule has 58 heavy (non-hydrogen) atoms. The van der Waals surface area contributed by atoms with Crippen LogP contribution in [0, 0.1) is 0 Å². The van der Waals surface area contributed by atoms with Gasteiger partial charge < -0.3 is 0 Å². The molecule has 0 atom stereocenters. The van der Waals surface area contributed by atoms with Gasteiger partial charge in [0, 0.05) is 22.3 Å². The van der Waals surface area contributed by atoms with Gasteiger partial charge in [0.05, 0.1) is 0 Å². The predicted molar refractivity (Wildman–Crippen MR) is 224 cm³/mol. The van der Waals surface area contributed by atoms with E-state index in [1.807, 2.05) is 0 Å². The molecule has 0 aliphatic heterocycles. The highest BCUT2D eigenvalue weighted by Crippen LogP contribution is 2.22. The first-order chi connectivity index (χ1) is 28.6. The largest absolute Gasteiger partial charge is 0.244 e. The summed E-state index contributed by atoms with van der Waals surface area (Å²) in [6.45, 7) is 6.46. The summed E-state index contributed by atoms with van der Waals surface area (Å²) in [5, 5.41) is 0. The number of hydrogen-bond acceptors (Lipinski definition) is 0. The minimum atomic E-state index is 0.774. The molecule has 4 aromatic heterocycles. The van der Waals surface area contributed by atoms with Gasteiger partial charge in [-0.3, -0.25) is 0 Å². The summed E-state index contributed by atoms with van der Waals surface area (Å²) in [5.41, 5.74) is 10.4. The molecule has 286 valence electrons. The molecule has 0 amide bonds. The maximum Gasteiger partial charge on any atom is 0.244 e. The van der Waals surface area contributed by atoms with Gasteiger partial charge in [0.25, 0.3) is 0 Å². The third-order valence-electron chi connectivity index (χ3n) is 10.8. The van der Waals surface area contributed by atoms with Gasteiger partial charge in [0.2, 0.25) is 25.3 Å². The van der Waals surface area contributed by atoms with Crippen molar-refractivity contribution in [1.82, 2.24) is 18.3 Å². The molecule has 0 saturated carbocycles. The van der Waals surface area contributed by atoms with Crippen LogP contribution >= 0.6 is 0 Å². The van der Waals surface area contributed by atoms with Gasteiger partial charge in [-0.05, 0) is 34.4 Å². The molecule has 9 aromatic rings. The van der Waals surface area contributed by atoms with Gasteiger partial charge in [-0.15, -0.1) is 0 Å². The van der Waals surface area contributed by atoms with Crippen molar-refractivity contribution in [2.24, 2.45) is 0 Å². The Morgan fingerprint density at radius 1 is 0.293 bits per heavy atom. The first kappa shape index (κ1) is 36.6. The van der Waals surface area contributed by atoms with E-state index in [0.29, 0.717) is 0 Å². The first-order valence-electron chi connectivity index (χ1n) is 20.1. The fourth-order valence-corrected chi connectivity index (χ4v) is 7.85. The van der Waals surface area contributed by atoms with E-state index in [0.717, 1.165) is 52.4 Å². The molecule has 9 rings (SSSR count). The first-order valence-corrected chi connectivity index (χ1v) is 20.1. The lowest BCUT2D eigenvalue weighted by molar-refractivity contribution is -0.688. The summed E-state index contributed by atoms with van der Waals surface area (Å²) in [5.74, 6) is 0. The lowest BCUT2D eigenvalue weighted by atomic mass is 9.97. The molecule has 8 nitrogen and oxygen atoms in total. The second kappa shape index (κ2) is 17.4. The molecular formula is C50H50N8+4. The van der Waals surface area contributed by atoms with Crippen molar-refractivity contribution in [2.45, 2.75) is 52.4 Å². The molecule has 4 heterocycles. The molecule has 0 unspecified atom stereocenters. The van der Waals surface area contributed by atoms with Crippen LogP contribution in [-0.4, -0.2) is 18.3 Å². The molecule has 0 radical (unpaired) electrons. The van der Waals surface area contributed by atoms with E-state index in [9.17, 15) is 0 Å². The highest BCUT2D eigenvalue weighted by molar-refractivity contribution is 5.40. The number of imidazole rings is 4. The Bertz CT molecular complexity index is 2300. The van der Waals surface area contributed by atoms with Gasteiger partial charge in [0.15, 0.2) is 0 Å². The maximum absolute atomic E-state index is 2.47. The Morgan fingerprint density at radius 2 is 0.517 bits per heavy atom. The highest BCUT2D eigenvalue weighted by atomic mass is 15.1. The minimum absolute atomic E-state index is 0.774. The van der Waals surface area contributed by atoms with E-state index in [-0.39, 0.29) is 0 Å². The van der Waals surface area contributed by atoms with Crippen LogP contribution in [0.25, 0.3) is 0 Å². The van der Waals surface area contributed by atoms with Crippen molar-refractivity contribution in [3.63, 3.8) is 0 Å². The zero-order valence-electron chi connectivity index (χ0n) is 32.9. The zero-order valence-corrected chi connectivity index (χ0v) is 32.9. The highest BCUT2D eigenvalue weighted by Gasteiger charge is 2.20. The molecule has 0 fully saturated rings. The van der Waals surface area contributed by atoms with E-state index in [1.165, 1.54) is 44.5 Å². The van der Waals surface area contributed by atoms with Crippen molar-refractivity contribution in [3.05, 3.63) is 253 Å². The van der Waals surface area contributed by atoms with E-state index >= 15 is 0 Å². The Hall–Kier alpha value is -7.06. The van der Waals surface area contributed by atoms with Crippen LogP contribution in [0.4, 0.5) is 0 Å². The summed E-state index contributed by atoms with van der Waals surface area (Å²) in [6.07, 6.45) is 26.5. The van der Waals surface area contributed by atoms with Crippen LogP contribution in [0.2, 0.25) is 0 Å². The number of nitrogens with zero attached hydrogens (tertiary/aromatic N) is 8. The quantitative estimate of drug-likeness (QED) is 0.102. The van der Waals surface area contributed by atoms with Crippen LogP contribution < -0.4 is 18.3 Å². The maximum atomic E-state index is 2.47. The third-order valence-corrected chi connectivity index (χ3v) is 10.8. The van der Waals surface area contributed by atoms with Crippen molar-refractivity contribution in [1.29, 1.82) is 0 Å². The fourth-order valence-electron chi connectivity index (χ4n) is 7.85. The number of benzene rings is 5. The van der Waals surface area contributed by atoms with Crippen LogP contribution in [0.15, 0.2) is 208 Å². The lowest BCUT2D eigenvalue weighted by Crippen LogP contribution is -2.31. The normalized spacial score (nSPS) is 11.3. The van der Waals surface area contributed by atoms with Crippen molar-refractivity contribution >= 4 is 0 Å². The monoisotopic (exact) mass is 762 g/mol. The third kappa shape index (κ3) is 9.48. The molecule has 0 bridgehead atoms. The van der Waals surface area contributed by atoms with Crippen LogP contribution in [0.1, 0.15) is 44.5 Å². The summed E-state index contributed by atoms with van der Waals surface area (Å²) in [7, 11) is 0. The lowest BCUT2D eigenvalue weighted by Gasteiger charge is -2.14. The van der Waals surface area contributed by atoms with Crippen molar-refractivity contribution in [3.8, 4) is 0 Å². The Balaban J connectivity index is 1.05. The van der Waals surface area contributed by atoms with Gasteiger partial charge in [-0.1, -0.05) is 121 Å². The summed E-state index contributed by atoms with van der Waals surface area (Å²) in [6, 6.07) is 47.6. The second-order valence-corrected chi connectivity index (χ2v) is 15.4. The summed E-state index contributed by atoms with van der Waals surface area (Å²) >= 11 is 0. The molecule has 5 aromatic carbocycles. The summed E-state index contributed by atoms with van der Waals surface area (Å²) in [4.78, 5) is 0. The fraction of sp³-hybridized carbons (Fsp3) is 0.160. The number of hydrogen-bond donors (Lipinski definition) is 0. The second-order valence-electron chi connectivity index (χ2n) is 15.4. The SMILES string of the molecule is c1ccc(C[n+]2ccn(Cc3cc(Cn4cc[n+](Cc5ccccc5)c4)c(Cn4cc[n+](Cc5ccccc5)c4)cc3Cn3cc[n+](Cc4ccccc4)c3)c2)cc1. The number of rotatable bonds is 16. The van der Waals surface area contributed by atoms with Crippen LogP contribution in [0.3, 0.4) is 0 Å². The predicted octanol–water partition coefficient (Wildman–Crippen LogP) is 6.43. The van der Waals surface area contributed by atoms with Crippen molar-refractivity contribution < 1.29 is 18.3 Å². The average Bonchev–Trinajstić information content (AvgIpc) is 4.08. The standard InChI is InChI=1S/C50H50N8/c1-5-13-43(14-6-1)31-51-21-25-55(39-51)35-47-29-49(37-57-27-23-53(41-57)33-45-17-9-3-10-18-45)50(38-58-28-24-54(42-58)34-46-19-11-4-12-20-46)30-48(47)36-56-26-22-52(40-56)32-44-15-7-2-8-16-44/h1-30,39-42H,31-38H2/q+4. The van der Waals surface area contributed by atoms with Gasteiger partial charge in [0.1, 0.15) is 102 Å². The van der Waals surface area contributed by atoms with E-state index < -0.39 is 0 Å². The molecule has 8 heteroatoms. The smallest absolute Gasteiger partial charge is 0.233 e.